The Bertz CT molecular complexity index is 595. The molecule has 1 unspecified atom stereocenters. The zero-order chi connectivity index (χ0) is 11.8. The van der Waals surface area contributed by atoms with Crippen molar-refractivity contribution < 1.29 is 4.39 Å². The first kappa shape index (κ1) is 10.5. The van der Waals surface area contributed by atoms with Gasteiger partial charge in [0.05, 0.1) is 17.1 Å². The number of nitrogens with zero attached hydrogens (tertiary/aromatic N) is 1. The molecule has 1 aromatic heterocycles. The summed E-state index contributed by atoms with van der Waals surface area (Å²) in [5.41, 5.74) is 1.20. The third-order valence-electron chi connectivity index (χ3n) is 3.32. The minimum Gasteiger partial charge on any atom is -0.315 e. The predicted octanol–water partition coefficient (Wildman–Crippen LogP) is 1.39. The van der Waals surface area contributed by atoms with E-state index in [0.29, 0.717) is 11.0 Å². The lowest BCUT2D eigenvalue weighted by Gasteiger charge is -2.23. The van der Waals surface area contributed by atoms with Gasteiger partial charge in [0.25, 0.3) is 0 Å². The molecule has 90 valence electrons. The molecule has 1 saturated heterocycles. The van der Waals surface area contributed by atoms with E-state index >= 15 is 0 Å². The van der Waals surface area contributed by atoms with Crippen molar-refractivity contribution in [3.05, 3.63) is 34.5 Å². The number of benzene rings is 1. The lowest BCUT2D eigenvalue weighted by atomic mass is 10.1. The minimum absolute atomic E-state index is 0.117. The molecular weight excluding hydrogens is 221 g/mol. The van der Waals surface area contributed by atoms with Crippen molar-refractivity contribution in [1.29, 1.82) is 0 Å². The van der Waals surface area contributed by atoms with Crippen molar-refractivity contribution in [3.8, 4) is 0 Å². The van der Waals surface area contributed by atoms with Crippen molar-refractivity contribution in [1.82, 2.24) is 14.9 Å². The predicted molar refractivity (Wildman–Crippen MR) is 63.7 cm³/mol. The maximum Gasteiger partial charge on any atom is 0.326 e. The minimum atomic E-state index is -0.311. The van der Waals surface area contributed by atoms with E-state index < -0.39 is 0 Å². The van der Waals surface area contributed by atoms with Gasteiger partial charge in [-0.3, -0.25) is 4.57 Å². The second kappa shape index (κ2) is 4.00. The summed E-state index contributed by atoms with van der Waals surface area (Å²) in [5.74, 6) is -0.311. The van der Waals surface area contributed by atoms with Crippen molar-refractivity contribution in [2.24, 2.45) is 0 Å². The molecule has 3 rings (SSSR count). The van der Waals surface area contributed by atoms with Crippen LogP contribution in [0.5, 0.6) is 0 Å². The normalized spacial score (nSPS) is 20.9. The number of imidazole rings is 1. The molecule has 0 bridgehead atoms. The van der Waals surface area contributed by atoms with Crippen molar-refractivity contribution in [3.63, 3.8) is 0 Å². The highest BCUT2D eigenvalue weighted by Crippen LogP contribution is 2.20. The number of rotatable bonds is 1. The third kappa shape index (κ3) is 1.76. The number of hydrogen-bond acceptors (Lipinski definition) is 2. The molecule has 2 N–H and O–H groups in total. The fraction of sp³-hybridized carbons (Fsp3) is 0.417. The highest BCUT2D eigenvalue weighted by molar-refractivity contribution is 5.75. The van der Waals surface area contributed by atoms with Crippen LogP contribution in [0.1, 0.15) is 18.9 Å². The lowest BCUT2D eigenvalue weighted by Crippen LogP contribution is -2.35. The van der Waals surface area contributed by atoms with E-state index in [-0.39, 0.29) is 17.5 Å². The number of H-pyrrole nitrogens is 1. The Morgan fingerprint density at radius 3 is 3.06 bits per heavy atom. The average Bonchev–Trinajstić information content (AvgIpc) is 2.65. The zero-order valence-electron chi connectivity index (χ0n) is 9.37. The Hall–Kier alpha value is -1.62. The summed E-state index contributed by atoms with van der Waals surface area (Å²) in [6.45, 7) is 1.76. The molecule has 1 aromatic carbocycles. The number of aromatic amines is 1. The molecule has 17 heavy (non-hydrogen) atoms. The highest BCUT2D eigenvalue weighted by Gasteiger charge is 2.19. The van der Waals surface area contributed by atoms with Gasteiger partial charge in [-0.15, -0.1) is 0 Å². The summed E-state index contributed by atoms with van der Waals surface area (Å²) >= 11 is 0. The van der Waals surface area contributed by atoms with Crippen LogP contribution in [0.4, 0.5) is 4.39 Å². The van der Waals surface area contributed by atoms with Gasteiger partial charge in [-0.05, 0) is 37.6 Å². The van der Waals surface area contributed by atoms with E-state index in [9.17, 15) is 9.18 Å². The van der Waals surface area contributed by atoms with Gasteiger partial charge in [-0.25, -0.2) is 9.18 Å². The van der Waals surface area contributed by atoms with Crippen molar-refractivity contribution in [2.75, 3.05) is 13.1 Å². The fourth-order valence-corrected chi connectivity index (χ4v) is 2.51. The maximum absolute atomic E-state index is 13.2. The van der Waals surface area contributed by atoms with Crippen LogP contribution in [-0.4, -0.2) is 22.6 Å². The van der Waals surface area contributed by atoms with Gasteiger partial charge in [0, 0.05) is 6.54 Å². The molecule has 4 nitrogen and oxygen atoms in total. The van der Waals surface area contributed by atoms with Crippen LogP contribution in [0.15, 0.2) is 23.0 Å². The molecule has 0 aliphatic carbocycles. The van der Waals surface area contributed by atoms with Crippen LogP contribution in [0.25, 0.3) is 11.0 Å². The monoisotopic (exact) mass is 235 g/mol. The van der Waals surface area contributed by atoms with Crippen LogP contribution in [0.2, 0.25) is 0 Å². The molecule has 2 heterocycles. The van der Waals surface area contributed by atoms with Gasteiger partial charge in [0.1, 0.15) is 5.82 Å². The van der Waals surface area contributed by atoms with Crippen LogP contribution >= 0.6 is 0 Å². The second-order valence-electron chi connectivity index (χ2n) is 4.46. The van der Waals surface area contributed by atoms with Gasteiger partial charge in [0.15, 0.2) is 0 Å². The summed E-state index contributed by atoms with van der Waals surface area (Å²) in [6.07, 6.45) is 2.00. The summed E-state index contributed by atoms with van der Waals surface area (Å²) in [4.78, 5) is 14.7. The molecule has 0 saturated carbocycles. The lowest BCUT2D eigenvalue weighted by molar-refractivity contribution is 0.371. The van der Waals surface area contributed by atoms with E-state index in [1.54, 1.807) is 10.6 Å². The fourth-order valence-electron chi connectivity index (χ4n) is 2.51. The molecule has 1 aliphatic rings. The van der Waals surface area contributed by atoms with Gasteiger partial charge < -0.3 is 10.3 Å². The van der Waals surface area contributed by atoms with Crippen LogP contribution in [0, 0.1) is 5.82 Å². The molecule has 1 aliphatic heterocycles. The van der Waals surface area contributed by atoms with Gasteiger partial charge in [-0.1, -0.05) is 0 Å². The molecule has 0 spiro atoms. The first-order chi connectivity index (χ1) is 8.25. The summed E-state index contributed by atoms with van der Waals surface area (Å²) in [7, 11) is 0. The first-order valence-electron chi connectivity index (χ1n) is 5.86. The van der Waals surface area contributed by atoms with E-state index in [0.717, 1.165) is 25.9 Å². The third-order valence-corrected chi connectivity index (χ3v) is 3.32. The molecule has 5 heteroatoms. The van der Waals surface area contributed by atoms with Crippen molar-refractivity contribution >= 4 is 11.0 Å². The quantitative estimate of drug-likeness (QED) is 0.784. The summed E-state index contributed by atoms with van der Waals surface area (Å²) in [5, 5.41) is 3.26. The first-order valence-corrected chi connectivity index (χ1v) is 5.86. The summed E-state index contributed by atoms with van der Waals surface area (Å²) < 4.78 is 14.9. The number of hydrogen-bond donors (Lipinski definition) is 2. The number of piperidine rings is 1. The van der Waals surface area contributed by atoms with E-state index in [4.69, 9.17) is 0 Å². The molecule has 0 amide bonds. The Kier molecular flexibility index (Phi) is 2.48. The Labute approximate surface area is 97.4 Å². The Morgan fingerprint density at radius 2 is 2.29 bits per heavy atom. The molecular formula is C12H14FN3O. The topological polar surface area (TPSA) is 49.8 Å². The van der Waals surface area contributed by atoms with Gasteiger partial charge >= 0.3 is 5.69 Å². The standard InChI is InChI=1S/C12H14FN3O/c13-8-3-4-10-11(6-8)16(12(17)15-10)9-2-1-5-14-7-9/h3-4,6,9,14H,1-2,5,7H2,(H,15,17). The molecule has 0 radical (unpaired) electrons. The molecule has 1 atom stereocenters. The van der Waals surface area contributed by atoms with Crippen molar-refractivity contribution in [2.45, 2.75) is 18.9 Å². The van der Waals surface area contributed by atoms with Crippen LogP contribution < -0.4 is 11.0 Å². The van der Waals surface area contributed by atoms with Crippen LogP contribution in [-0.2, 0) is 0 Å². The van der Waals surface area contributed by atoms with E-state index in [1.807, 2.05) is 0 Å². The number of aromatic nitrogens is 2. The van der Waals surface area contributed by atoms with Gasteiger partial charge in [-0.2, -0.15) is 0 Å². The van der Waals surface area contributed by atoms with E-state index in [2.05, 4.69) is 10.3 Å². The zero-order valence-corrected chi connectivity index (χ0v) is 9.37. The average molecular weight is 235 g/mol. The number of halogens is 1. The van der Waals surface area contributed by atoms with E-state index in [1.165, 1.54) is 12.1 Å². The largest absolute Gasteiger partial charge is 0.326 e. The Balaban J connectivity index is 2.16. The second-order valence-corrected chi connectivity index (χ2v) is 4.46. The maximum atomic E-state index is 13.2. The van der Waals surface area contributed by atoms with Crippen LogP contribution in [0.3, 0.4) is 0 Å². The van der Waals surface area contributed by atoms with Gasteiger partial charge in [0.2, 0.25) is 0 Å². The number of nitrogens with one attached hydrogen (secondary N) is 2. The Morgan fingerprint density at radius 1 is 1.41 bits per heavy atom. The highest BCUT2D eigenvalue weighted by atomic mass is 19.1. The smallest absolute Gasteiger partial charge is 0.315 e. The SMILES string of the molecule is O=c1[nH]c2ccc(F)cc2n1C1CCCNC1. The summed E-state index contributed by atoms with van der Waals surface area (Å²) in [6, 6.07) is 4.51. The molecule has 2 aromatic rings. The number of fused-ring (bicyclic) bond motifs is 1. The molecule has 1 fully saturated rings.